The summed E-state index contributed by atoms with van der Waals surface area (Å²) in [5.74, 6) is -0.359. The second-order valence-electron chi connectivity index (χ2n) is 7.92. The maximum atomic E-state index is 14.0. The van der Waals surface area contributed by atoms with Crippen molar-refractivity contribution in [3.05, 3.63) is 29.6 Å². The van der Waals surface area contributed by atoms with Crippen molar-refractivity contribution in [3.63, 3.8) is 0 Å². The number of anilines is 1. The van der Waals surface area contributed by atoms with E-state index in [9.17, 15) is 14.3 Å². The quantitative estimate of drug-likeness (QED) is 0.820. The SMILES string of the molecule is CC(C)(C)C1OC(C)(C)N(C(=O)O)C1CCc1c(N)cccc1F. The molecule has 2 unspecified atom stereocenters. The van der Waals surface area contributed by atoms with Gasteiger partial charge in [-0.2, -0.15) is 0 Å². The van der Waals surface area contributed by atoms with Crippen LogP contribution in [-0.4, -0.2) is 34.0 Å². The van der Waals surface area contributed by atoms with Crippen molar-refractivity contribution in [2.45, 2.75) is 65.3 Å². The molecule has 1 saturated heterocycles. The molecule has 1 heterocycles. The van der Waals surface area contributed by atoms with Crippen LogP contribution in [0, 0.1) is 11.2 Å². The zero-order chi connectivity index (χ0) is 18.3. The third kappa shape index (κ3) is 3.48. The van der Waals surface area contributed by atoms with Gasteiger partial charge in [-0.3, -0.25) is 4.90 Å². The zero-order valence-electron chi connectivity index (χ0n) is 15.0. The molecule has 0 spiro atoms. The molecule has 3 N–H and O–H groups in total. The van der Waals surface area contributed by atoms with Crippen molar-refractivity contribution in [1.82, 2.24) is 4.90 Å². The fourth-order valence-electron chi connectivity index (χ4n) is 3.52. The van der Waals surface area contributed by atoms with Gasteiger partial charge in [0.2, 0.25) is 0 Å². The van der Waals surface area contributed by atoms with Crippen LogP contribution in [0.1, 0.15) is 46.6 Å². The van der Waals surface area contributed by atoms with E-state index < -0.39 is 11.8 Å². The Morgan fingerprint density at radius 1 is 1.42 bits per heavy atom. The molecular formula is C18H27FN2O3. The summed E-state index contributed by atoms with van der Waals surface area (Å²) in [7, 11) is 0. The normalized spacial score (nSPS) is 23.5. The molecule has 1 fully saturated rings. The number of nitrogen functional groups attached to an aromatic ring is 1. The van der Waals surface area contributed by atoms with Crippen molar-refractivity contribution in [1.29, 1.82) is 0 Å². The second-order valence-corrected chi connectivity index (χ2v) is 7.92. The molecule has 1 aromatic carbocycles. The van der Waals surface area contributed by atoms with Gasteiger partial charge < -0.3 is 15.6 Å². The summed E-state index contributed by atoms with van der Waals surface area (Å²) < 4.78 is 20.1. The summed E-state index contributed by atoms with van der Waals surface area (Å²) in [5, 5.41) is 9.66. The number of carboxylic acid groups (broad SMARTS) is 1. The van der Waals surface area contributed by atoms with Gasteiger partial charge in [0.25, 0.3) is 0 Å². The van der Waals surface area contributed by atoms with Crippen molar-refractivity contribution in [2.24, 2.45) is 5.41 Å². The molecule has 0 saturated carbocycles. The Kier molecular flexibility index (Phi) is 4.81. The Morgan fingerprint density at radius 3 is 2.54 bits per heavy atom. The first kappa shape index (κ1) is 18.5. The van der Waals surface area contributed by atoms with Gasteiger partial charge >= 0.3 is 6.09 Å². The molecule has 2 atom stereocenters. The molecule has 1 amide bonds. The van der Waals surface area contributed by atoms with Gasteiger partial charge in [0.05, 0.1) is 12.1 Å². The lowest BCUT2D eigenvalue weighted by Gasteiger charge is -2.33. The lowest BCUT2D eigenvalue weighted by atomic mass is 9.82. The minimum Gasteiger partial charge on any atom is -0.465 e. The van der Waals surface area contributed by atoms with Crippen LogP contribution in [0.4, 0.5) is 14.9 Å². The highest BCUT2D eigenvalue weighted by molar-refractivity contribution is 5.67. The Hall–Kier alpha value is -1.82. The van der Waals surface area contributed by atoms with Crippen LogP contribution in [0.3, 0.4) is 0 Å². The minimum atomic E-state index is -1.03. The van der Waals surface area contributed by atoms with E-state index in [2.05, 4.69) is 0 Å². The summed E-state index contributed by atoms with van der Waals surface area (Å²) in [4.78, 5) is 13.1. The fourth-order valence-corrected chi connectivity index (χ4v) is 3.52. The highest BCUT2D eigenvalue weighted by Crippen LogP contribution is 2.42. The first-order valence-corrected chi connectivity index (χ1v) is 8.18. The van der Waals surface area contributed by atoms with Gasteiger partial charge in [0.15, 0.2) is 0 Å². The van der Waals surface area contributed by atoms with Crippen LogP contribution in [0.25, 0.3) is 0 Å². The van der Waals surface area contributed by atoms with E-state index in [1.54, 1.807) is 26.0 Å². The smallest absolute Gasteiger partial charge is 0.409 e. The first-order valence-electron chi connectivity index (χ1n) is 8.18. The number of amides is 1. The first-order chi connectivity index (χ1) is 10.9. The van der Waals surface area contributed by atoms with E-state index in [0.717, 1.165) is 0 Å². The van der Waals surface area contributed by atoms with Crippen LogP contribution < -0.4 is 5.73 Å². The highest BCUT2D eigenvalue weighted by atomic mass is 19.1. The van der Waals surface area contributed by atoms with E-state index in [-0.39, 0.29) is 23.4 Å². The van der Waals surface area contributed by atoms with E-state index in [0.29, 0.717) is 24.1 Å². The number of nitrogens with zero attached hydrogens (tertiary/aromatic N) is 1. The third-order valence-corrected chi connectivity index (χ3v) is 4.58. The molecule has 0 aliphatic carbocycles. The van der Waals surface area contributed by atoms with Crippen molar-refractivity contribution in [3.8, 4) is 0 Å². The zero-order valence-corrected chi connectivity index (χ0v) is 15.0. The monoisotopic (exact) mass is 338 g/mol. The molecule has 2 rings (SSSR count). The van der Waals surface area contributed by atoms with Gasteiger partial charge in [-0.1, -0.05) is 26.8 Å². The summed E-state index contributed by atoms with van der Waals surface area (Å²) >= 11 is 0. The molecule has 1 aliphatic heterocycles. The second kappa shape index (κ2) is 6.24. The average molecular weight is 338 g/mol. The highest BCUT2D eigenvalue weighted by Gasteiger charge is 2.53. The molecule has 134 valence electrons. The van der Waals surface area contributed by atoms with Crippen LogP contribution in [-0.2, 0) is 11.2 Å². The molecule has 0 bridgehead atoms. The number of nitrogens with two attached hydrogens (primary N) is 1. The number of hydrogen-bond acceptors (Lipinski definition) is 3. The summed E-state index contributed by atoms with van der Waals surface area (Å²) in [6.45, 7) is 9.55. The standard InChI is InChI=1S/C18H27FN2O3/c1-17(2,3)15-14(21(16(22)23)18(4,5)24-15)10-9-11-12(19)7-6-8-13(11)20/h6-8,14-15H,9-10,20H2,1-5H3,(H,22,23). The van der Waals surface area contributed by atoms with Crippen LogP contribution in [0.2, 0.25) is 0 Å². The maximum absolute atomic E-state index is 14.0. The third-order valence-electron chi connectivity index (χ3n) is 4.58. The van der Waals surface area contributed by atoms with Crippen molar-refractivity contribution < 1.29 is 19.0 Å². The number of hydrogen-bond donors (Lipinski definition) is 2. The number of halogens is 1. The predicted octanol–water partition coefficient (Wildman–Crippen LogP) is 3.87. The van der Waals surface area contributed by atoms with Crippen molar-refractivity contribution in [2.75, 3.05) is 5.73 Å². The molecule has 1 aliphatic rings. The lowest BCUT2D eigenvalue weighted by molar-refractivity contribution is -0.0925. The Balaban J connectivity index is 2.31. The van der Waals surface area contributed by atoms with Gasteiger partial charge in [0, 0.05) is 11.3 Å². The summed E-state index contributed by atoms with van der Waals surface area (Å²) in [6.07, 6.45) is -0.503. The maximum Gasteiger partial charge on any atom is 0.409 e. The number of carbonyl (C=O) groups is 1. The largest absolute Gasteiger partial charge is 0.465 e. The van der Waals surface area contributed by atoms with E-state index in [1.807, 2.05) is 20.8 Å². The van der Waals surface area contributed by atoms with Gasteiger partial charge in [-0.25, -0.2) is 9.18 Å². The summed E-state index contributed by atoms with van der Waals surface area (Å²) in [6, 6.07) is 4.23. The van der Waals surface area contributed by atoms with Crippen LogP contribution in [0.15, 0.2) is 18.2 Å². The average Bonchev–Trinajstić information content (AvgIpc) is 2.69. The lowest BCUT2D eigenvalue weighted by Crippen LogP contribution is -2.48. The van der Waals surface area contributed by atoms with Crippen LogP contribution >= 0.6 is 0 Å². The number of rotatable bonds is 3. The van der Waals surface area contributed by atoms with E-state index >= 15 is 0 Å². The Labute approximate surface area is 142 Å². The summed E-state index contributed by atoms with van der Waals surface area (Å²) in [5.41, 5.74) is 5.53. The predicted molar refractivity (Wildman–Crippen MR) is 91.2 cm³/mol. The molecule has 0 aromatic heterocycles. The van der Waals surface area contributed by atoms with Crippen molar-refractivity contribution >= 4 is 11.8 Å². The van der Waals surface area contributed by atoms with Gasteiger partial charge in [-0.15, -0.1) is 0 Å². The number of ether oxygens (including phenoxy) is 1. The minimum absolute atomic E-state index is 0.243. The number of benzene rings is 1. The fraction of sp³-hybridized carbons (Fsp3) is 0.611. The molecule has 1 aromatic rings. The Morgan fingerprint density at radius 2 is 2.04 bits per heavy atom. The van der Waals surface area contributed by atoms with Crippen LogP contribution in [0.5, 0.6) is 0 Å². The van der Waals surface area contributed by atoms with E-state index in [4.69, 9.17) is 10.5 Å². The van der Waals surface area contributed by atoms with E-state index in [1.165, 1.54) is 11.0 Å². The molecule has 5 nitrogen and oxygen atoms in total. The molecular weight excluding hydrogens is 311 g/mol. The molecule has 6 heteroatoms. The molecule has 24 heavy (non-hydrogen) atoms. The Bertz CT molecular complexity index is 605. The van der Waals surface area contributed by atoms with Gasteiger partial charge in [-0.05, 0) is 44.2 Å². The van der Waals surface area contributed by atoms with Gasteiger partial charge in [0.1, 0.15) is 11.5 Å². The molecule has 0 radical (unpaired) electrons. The topological polar surface area (TPSA) is 75.8 Å².